The lowest BCUT2D eigenvalue weighted by molar-refractivity contribution is 0.112. The number of hydrogen-bond acceptors (Lipinski definition) is 4. The van der Waals surface area contributed by atoms with Crippen LogP contribution in [0.25, 0.3) is 0 Å². The highest BCUT2D eigenvalue weighted by molar-refractivity contribution is 6.32. The summed E-state index contributed by atoms with van der Waals surface area (Å²) in [6, 6.07) is 0. The number of aromatic nitrogens is 2. The summed E-state index contributed by atoms with van der Waals surface area (Å²) in [5, 5.41) is 0.269. The predicted molar refractivity (Wildman–Crippen MR) is 84.1 cm³/mol. The van der Waals surface area contributed by atoms with Crippen LogP contribution < -0.4 is 4.90 Å². The zero-order valence-corrected chi connectivity index (χ0v) is 13.3. The smallest absolute Gasteiger partial charge is 0.156 e. The number of aldehydes is 1. The molecule has 21 heavy (non-hydrogen) atoms. The maximum absolute atomic E-state index is 11.3. The monoisotopic (exact) mass is 307 g/mol. The molecular weight excluding hydrogens is 286 g/mol. The normalized spacial score (nSPS) is 21.5. The Morgan fingerprint density at radius 3 is 2.38 bits per heavy atom. The molecule has 1 spiro atoms. The van der Waals surface area contributed by atoms with Gasteiger partial charge in [0.2, 0.25) is 0 Å². The molecule has 1 aliphatic heterocycles. The molecule has 0 unspecified atom stereocenters. The largest absolute Gasteiger partial charge is 0.356 e. The molecule has 0 atom stereocenters. The Morgan fingerprint density at radius 1 is 1.10 bits per heavy atom. The van der Waals surface area contributed by atoms with Gasteiger partial charge in [-0.1, -0.05) is 30.9 Å². The Labute approximate surface area is 130 Å². The molecule has 0 N–H and O–H groups in total. The highest BCUT2D eigenvalue weighted by atomic mass is 35.5. The van der Waals surface area contributed by atoms with Gasteiger partial charge in [-0.05, 0) is 38.0 Å². The number of carbonyl (C=O) groups excluding carboxylic acids is 1. The number of nitrogens with zero attached hydrogens (tertiary/aromatic N) is 3. The van der Waals surface area contributed by atoms with Gasteiger partial charge in [-0.15, -0.1) is 0 Å². The van der Waals surface area contributed by atoms with Gasteiger partial charge in [0.1, 0.15) is 16.8 Å². The van der Waals surface area contributed by atoms with Crippen LogP contribution in [-0.4, -0.2) is 29.3 Å². The fourth-order valence-electron chi connectivity index (χ4n) is 3.87. The molecule has 2 heterocycles. The first-order chi connectivity index (χ1) is 10.1. The fraction of sp³-hybridized carbons (Fsp3) is 0.688. The van der Waals surface area contributed by atoms with Crippen molar-refractivity contribution in [2.24, 2.45) is 5.41 Å². The summed E-state index contributed by atoms with van der Waals surface area (Å²) in [5.74, 6) is 1.34. The second kappa shape index (κ2) is 5.91. The number of rotatable bonds is 2. The van der Waals surface area contributed by atoms with Gasteiger partial charge in [0, 0.05) is 13.1 Å². The van der Waals surface area contributed by atoms with E-state index in [1.54, 1.807) is 0 Å². The van der Waals surface area contributed by atoms with Crippen LogP contribution in [0.1, 0.15) is 61.1 Å². The van der Waals surface area contributed by atoms with E-state index < -0.39 is 0 Å². The lowest BCUT2D eigenvalue weighted by atomic mass is 9.68. The second-order valence-corrected chi connectivity index (χ2v) is 6.82. The van der Waals surface area contributed by atoms with Crippen LogP contribution in [0.15, 0.2) is 0 Å². The Balaban J connectivity index is 1.79. The Morgan fingerprint density at radius 2 is 1.76 bits per heavy atom. The Kier molecular flexibility index (Phi) is 4.16. The molecule has 2 fully saturated rings. The molecule has 0 aromatic carbocycles. The molecule has 0 amide bonds. The molecule has 5 heteroatoms. The van der Waals surface area contributed by atoms with Crippen molar-refractivity contribution in [1.82, 2.24) is 9.97 Å². The molecule has 1 saturated heterocycles. The van der Waals surface area contributed by atoms with Crippen molar-refractivity contribution in [3.63, 3.8) is 0 Å². The minimum atomic E-state index is 0.269. The SMILES string of the molecule is Cc1nc(Cl)c(C=O)c(N2CCC3(CCCCC3)CC2)n1. The van der Waals surface area contributed by atoms with E-state index in [0.717, 1.165) is 19.4 Å². The van der Waals surface area contributed by atoms with E-state index in [-0.39, 0.29) is 5.15 Å². The molecule has 3 rings (SSSR count). The maximum atomic E-state index is 11.3. The standard InChI is InChI=1S/C16H22ClN3O/c1-12-18-14(17)13(11-21)15(19-12)20-9-7-16(8-10-20)5-3-2-4-6-16/h11H,2-10H2,1H3. The van der Waals surface area contributed by atoms with E-state index in [1.807, 2.05) is 6.92 Å². The summed E-state index contributed by atoms with van der Waals surface area (Å²) in [7, 11) is 0. The first-order valence-corrected chi connectivity index (χ1v) is 8.26. The summed E-state index contributed by atoms with van der Waals surface area (Å²) in [4.78, 5) is 22.1. The Hall–Kier alpha value is -1.16. The lowest BCUT2D eigenvalue weighted by Gasteiger charge is -2.44. The minimum absolute atomic E-state index is 0.269. The van der Waals surface area contributed by atoms with Gasteiger partial charge in [-0.2, -0.15) is 0 Å². The quantitative estimate of drug-likeness (QED) is 0.616. The van der Waals surface area contributed by atoms with Gasteiger partial charge in [-0.25, -0.2) is 9.97 Å². The van der Waals surface area contributed by atoms with E-state index in [4.69, 9.17) is 11.6 Å². The number of hydrogen-bond donors (Lipinski definition) is 0. The van der Waals surface area contributed by atoms with Gasteiger partial charge in [-0.3, -0.25) is 4.79 Å². The van der Waals surface area contributed by atoms with Gasteiger partial charge in [0.15, 0.2) is 6.29 Å². The van der Waals surface area contributed by atoms with Crippen molar-refractivity contribution in [2.75, 3.05) is 18.0 Å². The second-order valence-electron chi connectivity index (χ2n) is 6.46. The molecule has 114 valence electrons. The molecule has 1 aliphatic carbocycles. The van der Waals surface area contributed by atoms with Crippen molar-refractivity contribution < 1.29 is 4.79 Å². The molecule has 2 aliphatic rings. The third-order valence-corrected chi connectivity index (χ3v) is 5.43. The van der Waals surface area contributed by atoms with E-state index in [2.05, 4.69) is 14.9 Å². The molecule has 0 radical (unpaired) electrons. The molecule has 4 nitrogen and oxygen atoms in total. The third-order valence-electron chi connectivity index (χ3n) is 5.15. The van der Waals surface area contributed by atoms with Crippen LogP contribution in [-0.2, 0) is 0 Å². The summed E-state index contributed by atoms with van der Waals surface area (Å²) < 4.78 is 0. The Bertz CT molecular complexity index is 531. The van der Waals surface area contributed by atoms with E-state index in [9.17, 15) is 4.79 Å². The van der Waals surface area contributed by atoms with Crippen molar-refractivity contribution in [3.8, 4) is 0 Å². The number of carbonyl (C=O) groups is 1. The molecule has 1 aromatic rings. The number of halogens is 1. The van der Waals surface area contributed by atoms with Crippen molar-refractivity contribution in [2.45, 2.75) is 51.9 Å². The van der Waals surface area contributed by atoms with Crippen LogP contribution in [0.3, 0.4) is 0 Å². The van der Waals surface area contributed by atoms with Crippen molar-refractivity contribution >= 4 is 23.7 Å². The summed E-state index contributed by atoms with van der Waals surface area (Å²) in [6.07, 6.45) is 10.0. The average Bonchev–Trinajstić information content (AvgIpc) is 2.48. The molecule has 1 aromatic heterocycles. The zero-order chi connectivity index (χ0) is 14.9. The van der Waals surface area contributed by atoms with Gasteiger partial charge in [0.25, 0.3) is 0 Å². The highest BCUT2D eigenvalue weighted by Gasteiger charge is 2.36. The molecule has 0 bridgehead atoms. The van der Waals surface area contributed by atoms with Gasteiger partial charge < -0.3 is 4.90 Å². The minimum Gasteiger partial charge on any atom is -0.356 e. The van der Waals surface area contributed by atoms with Gasteiger partial charge >= 0.3 is 0 Å². The van der Waals surface area contributed by atoms with Crippen LogP contribution in [0.2, 0.25) is 5.15 Å². The van der Waals surface area contributed by atoms with E-state index in [0.29, 0.717) is 22.6 Å². The fourth-order valence-corrected chi connectivity index (χ4v) is 4.12. The molecular formula is C16H22ClN3O. The first-order valence-electron chi connectivity index (χ1n) is 7.88. The van der Waals surface area contributed by atoms with Crippen LogP contribution in [0, 0.1) is 12.3 Å². The zero-order valence-electron chi connectivity index (χ0n) is 12.6. The van der Waals surface area contributed by atoms with Crippen LogP contribution >= 0.6 is 11.6 Å². The third kappa shape index (κ3) is 2.91. The number of anilines is 1. The average molecular weight is 308 g/mol. The molecule has 1 saturated carbocycles. The number of aryl methyl sites for hydroxylation is 1. The summed E-state index contributed by atoms with van der Waals surface area (Å²) >= 11 is 6.09. The van der Waals surface area contributed by atoms with Crippen molar-refractivity contribution in [3.05, 3.63) is 16.5 Å². The highest BCUT2D eigenvalue weighted by Crippen LogP contribution is 2.45. The first kappa shape index (κ1) is 14.8. The number of piperidine rings is 1. The topological polar surface area (TPSA) is 46.1 Å². The van der Waals surface area contributed by atoms with Crippen LogP contribution in [0.4, 0.5) is 5.82 Å². The summed E-state index contributed by atoms with van der Waals surface area (Å²) in [6.45, 7) is 3.75. The van der Waals surface area contributed by atoms with Gasteiger partial charge in [0.05, 0.1) is 5.56 Å². The maximum Gasteiger partial charge on any atom is 0.156 e. The lowest BCUT2D eigenvalue weighted by Crippen LogP contribution is -2.42. The van der Waals surface area contributed by atoms with E-state index in [1.165, 1.54) is 44.9 Å². The van der Waals surface area contributed by atoms with Crippen molar-refractivity contribution in [1.29, 1.82) is 0 Å². The van der Waals surface area contributed by atoms with E-state index >= 15 is 0 Å². The van der Waals surface area contributed by atoms with Crippen LogP contribution in [0.5, 0.6) is 0 Å². The predicted octanol–water partition coefficient (Wildman–Crippen LogP) is 3.80. The summed E-state index contributed by atoms with van der Waals surface area (Å²) in [5.41, 5.74) is 0.976.